The van der Waals surface area contributed by atoms with Crippen molar-refractivity contribution in [3.8, 4) is 17.1 Å². The van der Waals surface area contributed by atoms with Gasteiger partial charge in [0.25, 0.3) is 0 Å². The Morgan fingerprint density at radius 2 is 1.94 bits per heavy atom. The van der Waals surface area contributed by atoms with E-state index in [-0.39, 0.29) is 5.75 Å². The van der Waals surface area contributed by atoms with Crippen LogP contribution in [0.5, 0.6) is 5.75 Å². The second-order valence-electron chi connectivity index (χ2n) is 3.57. The highest BCUT2D eigenvalue weighted by atomic mass is 16.3. The number of anilines is 1. The summed E-state index contributed by atoms with van der Waals surface area (Å²) in [4.78, 5) is 8.68. The fourth-order valence-electron chi connectivity index (χ4n) is 1.47. The van der Waals surface area contributed by atoms with Gasteiger partial charge in [-0.2, -0.15) is 0 Å². The number of hydrogen-bond donors (Lipinski definition) is 3. The molecule has 0 atom stereocenters. The first-order valence-electron chi connectivity index (χ1n) is 5.28. The molecular formula is C12H14N4O. The summed E-state index contributed by atoms with van der Waals surface area (Å²) in [6.07, 6.45) is 0. The number of hydrogen-bond acceptors (Lipinski definition) is 5. The van der Waals surface area contributed by atoms with Crippen molar-refractivity contribution in [2.24, 2.45) is 5.73 Å². The summed E-state index contributed by atoms with van der Waals surface area (Å²) in [6.45, 7) is 0.363. The van der Waals surface area contributed by atoms with Gasteiger partial charge in [0.2, 0.25) is 0 Å². The summed E-state index contributed by atoms with van der Waals surface area (Å²) in [5, 5.41) is 12.2. The molecule has 88 valence electrons. The molecular weight excluding hydrogens is 216 g/mol. The molecule has 0 aliphatic rings. The second-order valence-corrected chi connectivity index (χ2v) is 3.57. The van der Waals surface area contributed by atoms with Crippen LogP contribution in [-0.4, -0.2) is 22.1 Å². The van der Waals surface area contributed by atoms with Gasteiger partial charge >= 0.3 is 0 Å². The Morgan fingerprint density at radius 1 is 1.24 bits per heavy atom. The predicted molar refractivity (Wildman–Crippen MR) is 66.6 cm³/mol. The molecule has 0 amide bonds. The zero-order chi connectivity index (χ0) is 12.3. The SMILES string of the molecule is CNc1cc(CN)nc(-c2ccc(O)cc2)n1. The van der Waals surface area contributed by atoms with Crippen LogP contribution in [0.3, 0.4) is 0 Å². The maximum atomic E-state index is 9.23. The van der Waals surface area contributed by atoms with E-state index in [1.54, 1.807) is 31.3 Å². The van der Waals surface area contributed by atoms with Crippen LogP contribution in [0.25, 0.3) is 11.4 Å². The number of nitrogens with two attached hydrogens (primary N) is 1. The van der Waals surface area contributed by atoms with E-state index >= 15 is 0 Å². The normalized spacial score (nSPS) is 10.2. The fourth-order valence-corrected chi connectivity index (χ4v) is 1.47. The fraction of sp³-hybridized carbons (Fsp3) is 0.167. The summed E-state index contributed by atoms with van der Waals surface area (Å²) in [7, 11) is 1.79. The third-order valence-corrected chi connectivity index (χ3v) is 2.37. The molecule has 2 aromatic rings. The molecule has 1 heterocycles. The Kier molecular flexibility index (Phi) is 3.20. The van der Waals surface area contributed by atoms with E-state index in [1.165, 1.54) is 0 Å². The van der Waals surface area contributed by atoms with Gasteiger partial charge in [0.05, 0.1) is 5.69 Å². The number of nitrogens with one attached hydrogen (secondary N) is 1. The van der Waals surface area contributed by atoms with E-state index in [4.69, 9.17) is 5.73 Å². The lowest BCUT2D eigenvalue weighted by atomic mass is 10.2. The van der Waals surface area contributed by atoms with Crippen LogP contribution in [0.4, 0.5) is 5.82 Å². The molecule has 5 heteroatoms. The Labute approximate surface area is 99.3 Å². The van der Waals surface area contributed by atoms with Gasteiger partial charge in [-0.15, -0.1) is 0 Å². The van der Waals surface area contributed by atoms with Crippen molar-refractivity contribution in [3.63, 3.8) is 0 Å². The topological polar surface area (TPSA) is 84.1 Å². The van der Waals surface area contributed by atoms with Gasteiger partial charge in [-0.05, 0) is 24.3 Å². The van der Waals surface area contributed by atoms with Crippen molar-refractivity contribution in [1.29, 1.82) is 0 Å². The largest absolute Gasteiger partial charge is 0.508 e. The van der Waals surface area contributed by atoms with E-state index in [2.05, 4.69) is 15.3 Å². The van der Waals surface area contributed by atoms with Gasteiger partial charge < -0.3 is 16.2 Å². The Hall–Kier alpha value is -2.14. The summed E-state index contributed by atoms with van der Waals surface area (Å²) in [5.74, 6) is 1.54. The average molecular weight is 230 g/mol. The minimum atomic E-state index is 0.220. The van der Waals surface area contributed by atoms with Crippen molar-refractivity contribution in [1.82, 2.24) is 9.97 Å². The summed E-state index contributed by atoms with van der Waals surface area (Å²) in [6, 6.07) is 8.55. The monoisotopic (exact) mass is 230 g/mol. The third-order valence-electron chi connectivity index (χ3n) is 2.37. The lowest BCUT2D eigenvalue weighted by Crippen LogP contribution is -2.04. The lowest BCUT2D eigenvalue weighted by molar-refractivity contribution is 0.475. The smallest absolute Gasteiger partial charge is 0.161 e. The van der Waals surface area contributed by atoms with Crippen LogP contribution in [0.2, 0.25) is 0 Å². The van der Waals surface area contributed by atoms with Crippen molar-refractivity contribution in [3.05, 3.63) is 36.0 Å². The Morgan fingerprint density at radius 3 is 2.53 bits per heavy atom. The van der Waals surface area contributed by atoms with Crippen molar-refractivity contribution in [2.75, 3.05) is 12.4 Å². The van der Waals surface area contributed by atoms with Crippen LogP contribution in [0.1, 0.15) is 5.69 Å². The molecule has 2 rings (SSSR count). The van der Waals surface area contributed by atoms with Gasteiger partial charge in [0, 0.05) is 25.2 Å². The van der Waals surface area contributed by atoms with E-state index in [1.807, 2.05) is 6.07 Å². The minimum Gasteiger partial charge on any atom is -0.508 e. The molecule has 0 aliphatic carbocycles. The molecule has 1 aromatic heterocycles. The molecule has 1 aromatic carbocycles. The standard InChI is InChI=1S/C12H14N4O/c1-14-11-6-9(7-13)15-12(16-11)8-2-4-10(17)5-3-8/h2-6,17H,7,13H2,1H3,(H,14,15,16). The first kappa shape index (κ1) is 11.3. The van der Waals surface area contributed by atoms with Crippen molar-refractivity contribution >= 4 is 5.82 Å². The van der Waals surface area contributed by atoms with Gasteiger partial charge in [0.1, 0.15) is 11.6 Å². The molecule has 5 nitrogen and oxygen atoms in total. The van der Waals surface area contributed by atoms with Gasteiger partial charge in [-0.25, -0.2) is 9.97 Å². The van der Waals surface area contributed by atoms with Gasteiger partial charge in [0.15, 0.2) is 5.82 Å². The second kappa shape index (κ2) is 4.80. The van der Waals surface area contributed by atoms with Crippen molar-refractivity contribution < 1.29 is 5.11 Å². The highest BCUT2D eigenvalue weighted by Gasteiger charge is 2.05. The molecule has 0 bridgehead atoms. The van der Waals surface area contributed by atoms with Crippen LogP contribution in [-0.2, 0) is 6.54 Å². The first-order valence-corrected chi connectivity index (χ1v) is 5.28. The van der Waals surface area contributed by atoms with Crippen LogP contribution >= 0.6 is 0 Å². The lowest BCUT2D eigenvalue weighted by Gasteiger charge is -2.06. The van der Waals surface area contributed by atoms with E-state index in [0.29, 0.717) is 12.4 Å². The molecule has 0 fully saturated rings. The van der Waals surface area contributed by atoms with Crippen LogP contribution in [0.15, 0.2) is 30.3 Å². The first-order chi connectivity index (χ1) is 8.22. The van der Waals surface area contributed by atoms with E-state index in [0.717, 1.165) is 17.1 Å². The summed E-state index contributed by atoms with van der Waals surface area (Å²) in [5.41, 5.74) is 7.20. The van der Waals surface area contributed by atoms with Gasteiger partial charge in [-0.3, -0.25) is 0 Å². The zero-order valence-electron chi connectivity index (χ0n) is 9.51. The Balaban J connectivity index is 2.46. The molecule has 4 N–H and O–H groups in total. The number of aromatic hydroxyl groups is 1. The van der Waals surface area contributed by atoms with Gasteiger partial charge in [-0.1, -0.05) is 0 Å². The van der Waals surface area contributed by atoms with E-state index < -0.39 is 0 Å². The molecule has 0 aliphatic heterocycles. The Bertz CT molecular complexity index is 488. The minimum absolute atomic E-state index is 0.220. The summed E-state index contributed by atoms with van der Waals surface area (Å²) >= 11 is 0. The number of benzene rings is 1. The number of phenolic OH excluding ortho intramolecular Hbond substituents is 1. The van der Waals surface area contributed by atoms with Crippen LogP contribution < -0.4 is 11.1 Å². The van der Waals surface area contributed by atoms with E-state index in [9.17, 15) is 5.11 Å². The molecule has 0 radical (unpaired) electrons. The third kappa shape index (κ3) is 2.51. The predicted octanol–water partition coefficient (Wildman–Crippen LogP) is 1.35. The zero-order valence-corrected chi connectivity index (χ0v) is 9.51. The number of phenols is 1. The maximum absolute atomic E-state index is 9.23. The number of rotatable bonds is 3. The molecule has 0 saturated heterocycles. The quantitative estimate of drug-likeness (QED) is 0.741. The molecule has 0 spiro atoms. The van der Waals surface area contributed by atoms with Crippen molar-refractivity contribution in [2.45, 2.75) is 6.54 Å². The maximum Gasteiger partial charge on any atom is 0.161 e. The number of aromatic nitrogens is 2. The highest BCUT2D eigenvalue weighted by molar-refractivity contribution is 5.58. The molecule has 0 saturated carbocycles. The number of nitrogens with zero attached hydrogens (tertiary/aromatic N) is 2. The molecule has 17 heavy (non-hydrogen) atoms. The summed E-state index contributed by atoms with van der Waals surface area (Å²) < 4.78 is 0. The highest BCUT2D eigenvalue weighted by Crippen LogP contribution is 2.20. The van der Waals surface area contributed by atoms with Crippen LogP contribution in [0, 0.1) is 0 Å². The average Bonchev–Trinajstić information content (AvgIpc) is 2.39. The molecule has 0 unspecified atom stereocenters.